The van der Waals surface area contributed by atoms with Crippen LogP contribution in [0.5, 0.6) is 0 Å². The van der Waals surface area contributed by atoms with Crippen molar-refractivity contribution in [2.24, 2.45) is 0 Å². The first-order valence-electron chi connectivity index (χ1n) is 18.2. The highest BCUT2D eigenvalue weighted by atomic mass is 35.5. The number of halogens is 2. The zero-order chi connectivity index (χ0) is 37.9. The maximum atomic E-state index is 12.6. The van der Waals surface area contributed by atoms with E-state index < -0.39 is 6.29 Å². The van der Waals surface area contributed by atoms with Crippen molar-refractivity contribution in [2.75, 3.05) is 11.1 Å². The SMILES string of the molecule is Nc1ccccc1NC(=O)CCCCCCC(=O)NCc1cccc(-c2ccc([C@@H]3O[C@H](Cn4cnc(Cl)c4Cl)C[C@H](c4ccc(CO)cc4)O3)cc2)c1. The number of rotatable bonds is 16. The Morgan fingerprint density at radius 2 is 1.54 bits per heavy atom. The number of amides is 2. The predicted molar refractivity (Wildman–Crippen MR) is 212 cm³/mol. The number of nitrogen functional groups attached to an aromatic ring is 1. The Labute approximate surface area is 325 Å². The lowest BCUT2D eigenvalue weighted by Crippen LogP contribution is -2.32. The van der Waals surface area contributed by atoms with Gasteiger partial charge in [-0.05, 0) is 58.9 Å². The molecule has 1 fully saturated rings. The summed E-state index contributed by atoms with van der Waals surface area (Å²) < 4.78 is 14.7. The number of carbonyl (C=O) groups excluding carboxylic acids is 2. The molecular weight excluding hydrogens is 725 g/mol. The molecule has 1 aromatic heterocycles. The number of hydrogen-bond donors (Lipinski definition) is 4. The fourth-order valence-electron chi connectivity index (χ4n) is 6.45. The minimum absolute atomic E-state index is 0.00823. The van der Waals surface area contributed by atoms with Crippen LogP contribution in [0.3, 0.4) is 0 Å². The van der Waals surface area contributed by atoms with E-state index in [9.17, 15) is 14.7 Å². The van der Waals surface area contributed by atoms with E-state index in [1.165, 1.54) is 0 Å². The molecule has 0 saturated carbocycles. The van der Waals surface area contributed by atoms with Gasteiger partial charge in [0.15, 0.2) is 11.4 Å². The quantitative estimate of drug-likeness (QED) is 0.0581. The van der Waals surface area contributed by atoms with Crippen LogP contribution >= 0.6 is 23.2 Å². The molecule has 3 atom stereocenters. The summed E-state index contributed by atoms with van der Waals surface area (Å²) >= 11 is 12.5. The number of ether oxygens (including phenoxy) is 2. The van der Waals surface area contributed by atoms with E-state index in [-0.39, 0.29) is 35.8 Å². The molecule has 12 heteroatoms. The average Bonchev–Trinajstić information content (AvgIpc) is 3.51. The highest BCUT2D eigenvalue weighted by Gasteiger charge is 2.33. The van der Waals surface area contributed by atoms with Crippen molar-refractivity contribution >= 4 is 46.4 Å². The first kappa shape index (κ1) is 39.0. The number of carbonyl (C=O) groups is 2. The summed E-state index contributed by atoms with van der Waals surface area (Å²) in [5, 5.41) is 16.0. The number of hydrogen-bond acceptors (Lipinski definition) is 7. The van der Waals surface area contributed by atoms with Crippen molar-refractivity contribution in [3.05, 3.63) is 136 Å². The Bertz CT molecular complexity index is 2000. The van der Waals surface area contributed by atoms with Gasteiger partial charge in [0.05, 0.1) is 43.1 Å². The molecule has 2 heterocycles. The molecule has 282 valence electrons. The van der Waals surface area contributed by atoms with Gasteiger partial charge in [-0.1, -0.05) is 115 Å². The number of anilines is 2. The number of unbranched alkanes of at least 4 members (excludes halogenated alkanes) is 3. The normalized spacial score (nSPS) is 16.9. The molecule has 0 radical (unpaired) electrons. The first-order valence-corrected chi connectivity index (χ1v) is 19.0. The molecule has 0 spiro atoms. The predicted octanol–water partition coefficient (Wildman–Crippen LogP) is 8.77. The summed E-state index contributed by atoms with van der Waals surface area (Å²) in [7, 11) is 0. The van der Waals surface area contributed by atoms with Gasteiger partial charge in [0.25, 0.3) is 0 Å². The van der Waals surface area contributed by atoms with E-state index in [1.54, 1.807) is 23.0 Å². The molecule has 5 N–H and O–H groups in total. The number of nitrogens with one attached hydrogen (secondary N) is 2. The van der Waals surface area contributed by atoms with Crippen molar-refractivity contribution in [3.63, 3.8) is 0 Å². The molecule has 54 heavy (non-hydrogen) atoms. The number of aromatic nitrogens is 2. The Morgan fingerprint density at radius 3 is 2.24 bits per heavy atom. The van der Waals surface area contributed by atoms with Crippen molar-refractivity contribution in [1.29, 1.82) is 0 Å². The van der Waals surface area contributed by atoms with Crippen LogP contribution in [0, 0.1) is 0 Å². The van der Waals surface area contributed by atoms with Crippen LogP contribution in [-0.2, 0) is 38.8 Å². The third kappa shape index (κ3) is 10.7. The summed E-state index contributed by atoms with van der Waals surface area (Å²) in [6.45, 7) is 0.866. The zero-order valence-corrected chi connectivity index (χ0v) is 31.4. The van der Waals surface area contributed by atoms with E-state index in [2.05, 4.69) is 21.7 Å². The second-order valence-electron chi connectivity index (χ2n) is 13.5. The van der Waals surface area contributed by atoms with E-state index in [1.807, 2.05) is 78.9 Å². The number of imidazole rings is 1. The third-order valence-corrected chi connectivity index (χ3v) is 10.2. The van der Waals surface area contributed by atoms with Crippen LogP contribution in [0.15, 0.2) is 103 Å². The Kier molecular flexibility index (Phi) is 13.8. The summed E-state index contributed by atoms with van der Waals surface area (Å²) in [6, 6.07) is 31.2. The van der Waals surface area contributed by atoms with Crippen LogP contribution in [0.2, 0.25) is 10.3 Å². The van der Waals surface area contributed by atoms with Gasteiger partial charge in [-0.25, -0.2) is 4.98 Å². The van der Waals surface area contributed by atoms with Crippen LogP contribution in [0.1, 0.15) is 79.6 Å². The molecule has 5 aromatic rings. The van der Waals surface area contributed by atoms with Gasteiger partial charge in [0, 0.05) is 31.4 Å². The van der Waals surface area contributed by atoms with Gasteiger partial charge in [0.2, 0.25) is 11.8 Å². The topological polar surface area (TPSA) is 141 Å². The van der Waals surface area contributed by atoms with E-state index >= 15 is 0 Å². The minimum Gasteiger partial charge on any atom is -0.397 e. The number of aliphatic hydroxyl groups excluding tert-OH is 1. The van der Waals surface area contributed by atoms with Crippen LogP contribution in [0.4, 0.5) is 11.4 Å². The highest BCUT2D eigenvalue weighted by Crippen LogP contribution is 2.39. The van der Waals surface area contributed by atoms with Gasteiger partial charge < -0.3 is 35.5 Å². The van der Waals surface area contributed by atoms with Gasteiger partial charge in [-0.3, -0.25) is 9.59 Å². The number of benzene rings is 4. The van der Waals surface area contributed by atoms with Crippen LogP contribution in [-0.4, -0.2) is 32.6 Å². The molecule has 4 aromatic carbocycles. The molecule has 1 saturated heterocycles. The molecule has 1 aliphatic rings. The first-order chi connectivity index (χ1) is 26.2. The number of nitrogens with zero attached hydrogens (tertiary/aromatic N) is 2. The lowest BCUT2D eigenvalue weighted by atomic mass is 9.99. The van der Waals surface area contributed by atoms with Crippen molar-refractivity contribution in [1.82, 2.24) is 14.9 Å². The van der Waals surface area contributed by atoms with E-state index in [0.29, 0.717) is 48.9 Å². The van der Waals surface area contributed by atoms with Gasteiger partial charge >= 0.3 is 0 Å². The fraction of sp³-hybridized carbons (Fsp3) is 0.310. The fourth-order valence-corrected chi connectivity index (χ4v) is 6.77. The highest BCUT2D eigenvalue weighted by molar-refractivity contribution is 6.40. The largest absolute Gasteiger partial charge is 0.397 e. The average molecular weight is 771 g/mol. The van der Waals surface area contributed by atoms with Crippen LogP contribution in [0.25, 0.3) is 11.1 Å². The molecule has 10 nitrogen and oxygen atoms in total. The van der Waals surface area contributed by atoms with Gasteiger partial charge in [0.1, 0.15) is 5.15 Å². The summed E-state index contributed by atoms with van der Waals surface area (Å²) in [6.07, 6.45) is 5.23. The second kappa shape index (κ2) is 19.1. The standard InChI is InChI=1S/C42H45Cl2N5O5/c43-40-41(44)49(27-47-40)25-34-23-37(31-16-14-28(26-50)15-17-31)54-42(53-34)32-20-18-30(19-21-32)33-9-7-8-29(22-33)24-46-38(51)12-3-1-2-4-13-39(52)48-36-11-6-5-10-35(36)45/h5-11,14-22,27,34,37,42,50H,1-4,12-13,23-26,45H2,(H,46,51)(H,48,52)/t34-,37+,42+/m0/s1. The molecule has 0 unspecified atom stereocenters. The Hall–Kier alpha value is -4.71. The lowest BCUT2D eigenvalue weighted by Gasteiger charge is -2.36. The Balaban J connectivity index is 0.988. The molecule has 0 aliphatic carbocycles. The Morgan fingerprint density at radius 1 is 0.815 bits per heavy atom. The smallest absolute Gasteiger partial charge is 0.224 e. The van der Waals surface area contributed by atoms with Crippen molar-refractivity contribution in [3.8, 4) is 11.1 Å². The van der Waals surface area contributed by atoms with Crippen molar-refractivity contribution < 1.29 is 24.2 Å². The maximum absolute atomic E-state index is 12.6. The number of nitrogens with two attached hydrogens (primary N) is 1. The second-order valence-corrected chi connectivity index (χ2v) is 14.2. The summed E-state index contributed by atoms with van der Waals surface area (Å²) in [5.41, 5.74) is 12.8. The third-order valence-electron chi connectivity index (χ3n) is 9.47. The maximum Gasteiger partial charge on any atom is 0.224 e. The number of aliphatic hydroxyl groups is 1. The van der Waals surface area contributed by atoms with E-state index in [4.69, 9.17) is 38.4 Å². The molecular formula is C42H45Cl2N5O5. The minimum atomic E-state index is -0.626. The monoisotopic (exact) mass is 769 g/mol. The molecule has 2 amide bonds. The van der Waals surface area contributed by atoms with Gasteiger partial charge in [-0.2, -0.15) is 0 Å². The van der Waals surface area contributed by atoms with Crippen molar-refractivity contribution in [2.45, 2.75) is 83.1 Å². The van der Waals surface area contributed by atoms with Crippen LogP contribution < -0.4 is 16.4 Å². The lowest BCUT2D eigenvalue weighted by molar-refractivity contribution is -0.252. The number of para-hydroxylation sites is 2. The molecule has 6 rings (SSSR count). The van der Waals surface area contributed by atoms with E-state index in [0.717, 1.165) is 59.1 Å². The van der Waals surface area contributed by atoms with Gasteiger partial charge in [-0.15, -0.1) is 0 Å². The molecule has 1 aliphatic heterocycles. The summed E-state index contributed by atoms with van der Waals surface area (Å²) in [5.74, 6) is -0.0472. The molecule has 0 bridgehead atoms. The summed E-state index contributed by atoms with van der Waals surface area (Å²) in [4.78, 5) is 28.9. The zero-order valence-electron chi connectivity index (χ0n) is 29.9.